The Morgan fingerprint density at radius 2 is 1.83 bits per heavy atom. The molecule has 1 fully saturated rings. The van der Waals surface area contributed by atoms with Crippen LogP contribution >= 0.6 is 11.6 Å². The first kappa shape index (κ1) is 16.2. The summed E-state index contributed by atoms with van der Waals surface area (Å²) < 4.78 is 5.96. The molecule has 0 saturated carbocycles. The molecule has 0 bridgehead atoms. The monoisotopic (exact) mass is 333 g/mol. The number of aryl methyl sites for hydroxylation is 1. The zero-order valence-electron chi connectivity index (χ0n) is 12.8. The van der Waals surface area contributed by atoms with E-state index in [4.69, 9.17) is 16.3 Å². The first-order valence-electron chi connectivity index (χ1n) is 7.42. The van der Waals surface area contributed by atoms with Crippen LogP contribution in [-0.2, 0) is 13.2 Å². The number of ether oxygens (including phenoxy) is 1. The third-order valence-electron chi connectivity index (χ3n) is 3.53. The summed E-state index contributed by atoms with van der Waals surface area (Å²) in [7, 11) is 0. The van der Waals surface area contributed by atoms with Gasteiger partial charge in [-0.1, -0.05) is 41.4 Å². The van der Waals surface area contributed by atoms with Gasteiger partial charge in [-0.3, -0.25) is 5.32 Å². The number of halogens is 1. The first-order chi connectivity index (χ1) is 11.2. The summed E-state index contributed by atoms with van der Waals surface area (Å²) in [4.78, 5) is 0. The van der Waals surface area contributed by atoms with Crippen LogP contribution in [0.3, 0.4) is 0 Å². The van der Waals surface area contributed by atoms with Crippen molar-refractivity contribution in [1.29, 1.82) is 0 Å². The van der Waals surface area contributed by atoms with Crippen molar-refractivity contribution in [3.63, 3.8) is 0 Å². The molecule has 0 amide bonds. The fourth-order valence-electron chi connectivity index (χ4n) is 2.24. The topological polar surface area (TPSA) is 69.4 Å². The maximum Gasteiger partial charge on any atom is 0.139 e. The molecule has 1 saturated heterocycles. The van der Waals surface area contributed by atoms with Crippen molar-refractivity contribution >= 4 is 11.6 Å². The number of hydrogen-bond donors (Lipinski definition) is 5. The van der Waals surface area contributed by atoms with E-state index >= 15 is 0 Å². The molecule has 0 unspecified atom stereocenters. The molecule has 1 aliphatic rings. The molecule has 3 rings (SSSR count). The zero-order chi connectivity index (χ0) is 16.1. The molecule has 0 radical (unpaired) electrons. The molecule has 5 N–H and O–H groups in total. The van der Waals surface area contributed by atoms with Crippen molar-refractivity contribution in [3.05, 3.63) is 64.2 Å². The lowest BCUT2D eigenvalue weighted by molar-refractivity contribution is 0.300. The molecular formula is C16H20ClN5O. The van der Waals surface area contributed by atoms with Gasteiger partial charge in [-0.05, 0) is 30.7 Å². The van der Waals surface area contributed by atoms with Crippen LogP contribution in [0.5, 0.6) is 5.75 Å². The Balaban J connectivity index is 1.64. The lowest BCUT2D eigenvalue weighted by Crippen LogP contribution is -2.46. The van der Waals surface area contributed by atoms with E-state index in [1.165, 1.54) is 5.56 Å². The van der Waals surface area contributed by atoms with Gasteiger partial charge in [0.2, 0.25) is 0 Å². The molecule has 0 atom stereocenters. The minimum atomic E-state index is -0.0843. The molecular weight excluding hydrogens is 314 g/mol. The summed E-state index contributed by atoms with van der Waals surface area (Å²) in [6, 6.07) is 14.0. The van der Waals surface area contributed by atoms with Crippen LogP contribution in [0.25, 0.3) is 0 Å². The molecule has 23 heavy (non-hydrogen) atoms. The van der Waals surface area contributed by atoms with Crippen LogP contribution in [0, 0.1) is 6.92 Å². The summed E-state index contributed by atoms with van der Waals surface area (Å²) in [5.74, 6) is 0.821. The Kier molecular flexibility index (Phi) is 5.45. The highest BCUT2D eigenvalue weighted by Crippen LogP contribution is 2.24. The largest absolute Gasteiger partial charge is 0.489 e. The lowest BCUT2D eigenvalue weighted by Gasteiger charge is -2.15. The Morgan fingerprint density at radius 1 is 1.09 bits per heavy atom. The molecule has 0 aliphatic carbocycles. The number of hydrogen-bond acceptors (Lipinski definition) is 6. The molecule has 1 heterocycles. The number of benzene rings is 2. The van der Waals surface area contributed by atoms with E-state index in [1.54, 1.807) is 0 Å². The van der Waals surface area contributed by atoms with E-state index in [0.717, 1.165) is 16.9 Å². The predicted molar refractivity (Wildman–Crippen MR) is 90.1 cm³/mol. The van der Waals surface area contributed by atoms with Gasteiger partial charge in [-0.25, -0.2) is 10.9 Å². The van der Waals surface area contributed by atoms with Gasteiger partial charge in [0.25, 0.3) is 0 Å². The molecule has 2 aromatic rings. The Morgan fingerprint density at radius 3 is 2.57 bits per heavy atom. The Hall–Kier alpha value is -1.67. The standard InChI is InChI=1S/C16H20ClN5O/c1-11-2-4-12(5-3-11)10-23-15-7-6-14(17)8-13(15)9-18-16-19-21-22-20-16/h2-8,16,18-22H,9-10H2,1H3. The Labute approximate surface area is 140 Å². The second kappa shape index (κ2) is 7.74. The summed E-state index contributed by atoms with van der Waals surface area (Å²) in [6.07, 6.45) is -0.0843. The van der Waals surface area contributed by atoms with Gasteiger partial charge < -0.3 is 4.74 Å². The average Bonchev–Trinajstić information content (AvgIpc) is 3.07. The highest BCUT2D eigenvalue weighted by Gasteiger charge is 2.13. The highest BCUT2D eigenvalue weighted by molar-refractivity contribution is 6.30. The summed E-state index contributed by atoms with van der Waals surface area (Å²) in [5.41, 5.74) is 14.8. The maximum atomic E-state index is 6.11. The van der Waals surface area contributed by atoms with E-state index < -0.39 is 0 Å². The van der Waals surface area contributed by atoms with Crippen LogP contribution in [-0.4, -0.2) is 6.29 Å². The van der Waals surface area contributed by atoms with Gasteiger partial charge >= 0.3 is 0 Å². The fourth-order valence-corrected chi connectivity index (χ4v) is 2.43. The molecule has 0 aromatic heterocycles. The van der Waals surface area contributed by atoms with Crippen molar-refractivity contribution in [2.24, 2.45) is 0 Å². The summed E-state index contributed by atoms with van der Waals surface area (Å²) in [6.45, 7) is 3.21. The van der Waals surface area contributed by atoms with E-state index in [0.29, 0.717) is 18.2 Å². The third-order valence-corrected chi connectivity index (χ3v) is 3.76. The summed E-state index contributed by atoms with van der Waals surface area (Å²) >= 11 is 6.11. The second-order valence-electron chi connectivity index (χ2n) is 5.38. The van der Waals surface area contributed by atoms with Crippen molar-refractivity contribution in [1.82, 2.24) is 27.2 Å². The predicted octanol–water partition coefficient (Wildman–Crippen LogP) is 1.72. The lowest BCUT2D eigenvalue weighted by atomic mass is 10.1. The molecule has 1 aliphatic heterocycles. The molecule has 0 spiro atoms. The Bertz CT molecular complexity index is 643. The maximum absolute atomic E-state index is 6.11. The second-order valence-corrected chi connectivity index (χ2v) is 5.82. The van der Waals surface area contributed by atoms with E-state index in [-0.39, 0.29) is 6.29 Å². The van der Waals surface area contributed by atoms with E-state index in [9.17, 15) is 0 Å². The van der Waals surface area contributed by atoms with Crippen LogP contribution in [0.4, 0.5) is 0 Å². The van der Waals surface area contributed by atoms with Crippen molar-refractivity contribution in [2.75, 3.05) is 0 Å². The van der Waals surface area contributed by atoms with Gasteiger partial charge in [0.1, 0.15) is 18.6 Å². The minimum Gasteiger partial charge on any atom is -0.489 e. The van der Waals surface area contributed by atoms with E-state index in [2.05, 4.69) is 58.4 Å². The number of hydrazine groups is 3. The van der Waals surface area contributed by atoms with Gasteiger partial charge in [-0.15, -0.1) is 0 Å². The SMILES string of the molecule is Cc1ccc(COc2ccc(Cl)cc2CNC2NNNN2)cc1. The van der Waals surface area contributed by atoms with Crippen molar-refractivity contribution in [3.8, 4) is 5.75 Å². The number of nitrogens with one attached hydrogen (secondary N) is 5. The molecule has 122 valence electrons. The van der Waals surface area contributed by atoms with E-state index in [1.807, 2.05) is 18.2 Å². The summed E-state index contributed by atoms with van der Waals surface area (Å²) in [5, 5.41) is 3.97. The molecule has 6 nitrogen and oxygen atoms in total. The van der Waals surface area contributed by atoms with Crippen LogP contribution in [0.2, 0.25) is 5.02 Å². The van der Waals surface area contributed by atoms with Crippen LogP contribution < -0.4 is 32.0 Å². The first-order valence-corrected chi connectivity index (χ1v) is 7.80. The van der Waals surface area contributed by atoms with Gasteiger partial charge in [0.15, 0.2) is 0 Å². The van der Waals surface area contributed by atoms with Crippen LogP contribution in [0.1, 0.15) is 16.7 Å². The van der Waals surface area contributed by atoms with Gasteiger partial charge in [0.05, 0.1) is 0 Å². The van der Waals surface area contributed by atoms with Crippen LogP contribution in [0.15, 0.2) is 42.5 Å². The average molecular weight is 334 g/mol. The third kappa shape index (κ3) is 4.65. The van der Waals surface area contributed by atoms with Crippen molar-refractivity contribution < 1.29 is 4.74 Å². The van der Waals surface area contributed by atoms with Gasteiger partial charge in [0, 0.05) is 17.1 Å². The quantitative estimate of drug-likeness (QED) is 0.554. The molecule has 2 aromatic carbocycles. The fraction of sp³-hybridized carbons (Fsp3) is 0.250. The molecule has 7 heteroatoms. The minimum absolute atomic E-state index is 0.0843. The smallest absolute Gasteiger partial charge is 0.139 e. The zero-order valence-corrected chi connectivity index (χ0v) is 13.6. The number of rotatable bonds is 6. The van der Waals surface area contributed by atoms with Crippen molar-refractivity contribution in [2.45, 2.75) is 26.4 Å². The highest BCUT2D eigenvalue weighted by atomic mass is 35.5. The van der Waals surface area contributed by atoms with Gasteiger partial charge in [-0.2, -0.15) is 11.1 Å². The normalized spacial score (nSPS) is 15.0.